The van der Waals surface area contributed by atoms with Gasteiger partial charge in [0.2, 0.25) is 0 Å². The number of rotatable bonds is 2. The van der Waals surface area contributed by atoms with Gasteiger partial charge in [-0.15, -0.1) is 6.42 Å². The Hall–Kier alpha value is -0.570. The third kappa shape index (κ3) is 2.69. The van der Waals surface area contributed by atoms with Gasteiger partial charge >= 0.3 is 0 Å². The molecule has 1 saturated heterocycles. The topological polar surface area (TPSA) is 49.4 Å². The molecule has 74 valence electrons. The molecule has 1 aliphatic heterocycles. The molecule has 0 aliphatic carbocycles. The normalized spacial score (nSPS) is 22.2. The highest BCUT2D eigenvalue weighted by Crippen LogP contribution is 2.06. The zero-order valence-electron chi connectivity index (χ0n) is 7.66. The molecule has 1 N–H and O–H groups in total. The van der Waals surface area contributed by atoms with Crippen LogP contribution in [0.3, 0.4) is 0 Å². The first-order chi connectivity index (χ1) is 6.05. The smallest absolute Gasteiger partial charge is 0.175 e. The van der Waals surface area contributed by atoms with Crippen LogP contribution in [-0.4, -0.2) is 51.1 Å². The minimum atomic E-state index is -3.15. The first kappa shape index (κ1) is 10.5. The van der Waals surface area contributed by atoms with Crippen LogP contribution in [0.5, 0.6) is 0 Å². The van der Waals surface area contributed by atoms with Gasteiger partial charge in [-0.3, -0.25) is 4.90 Å². The highest BCUT2D eigenvalue weighted by molar-refractivity contribution is 7.91. The summed E-state index contributed by atoms with van der Waals surface area (Å²) in [6.45, 7) is 2.99. The Morgan fingerprint density at radius 3 is 2.38 bits per heavy atom. The van der Waals surface area contributed by atoms with E-state index in [1.54, 1.807) is 0 Å². The van der Waals surface area contributed by atoms with Crippen LogP contribution in [0.15, 0.2) is 0 Å². The maximum atomic E-state index is 11.3. The van der Waals surface area contributed by atoms with Crippen LogP contribution >= 0.6 is 0 Å². The number of nitrogens with zero attached hydrogens (tertiary/aromatic N) is 1. The van der Waals surface area contributed by atoms with Gasteiger partial charge in [0.15, 0.2) is 15.2 Å². The third-order valence-electron chi connectivity index (χ3n) is 2.03. The molecule has 0 aromatic rings. The van der Waals surface area contributed by atoms with Crippen molar-refractivity contribution in [1.29, 1.82) is 0 Å². The summed E-state index contributed by atoms with van der Waals surface area (Å²) in [7, 11) is -3.15. The lowest BCUT2D eigenvalue weighted by Crippen LogP contribution is -2.50. The summed E-state index contributed by atoms with van der Waals surface area (Å²) in [6, 6.07) is 0. The van der Waals surface area contributed by atoms with E-state index >= 15 is 0 Å². The standard InChI is InChI=1S/C8H14N2O2S/c1-3-8(13(2,11)12)10-6-4-9-5-7-10/h1,8-9H,4-7H2,2H3. The Labute approximate surface area is 79.2 Å². The number of hydrogen-bond donors (Lipinski definition) is 1. The van der Waals surface area contributed by atoms with Crippen LogP contribution in [0, 0.1) is 12.3 Å². The van der Waals surface area contributed by atoms with Crippen LogP contribution in [-0.2, 0) is 9.84 Å². The van der Waals surface area contributed by atoms with Crippen molar-refractivity contribution in [2.75, 3.05) is 32.4 Å². The lowest BCUT2D eigenvalue weighted by molar-refractivity contribution is 0.246. The average Bonchev–Trinajstić information content (AvgIpc) is 2.05. The molecule has 1 fully saturated rings. The van der Waals surface area contributed by atoms with Gasteiger partial charge in [0.1, 0.15) is 0 Å². The van der Waals surface area contributed by atoms with Crippen molar-refractivity contribution in [3.05, 3.63) is 0 Å². The molecule has 5 heteroatoms. The van der Waals surface area contributed by atoms with E-state index in [-0.39, 0.29) is 0 Å². The van der Waals surface area contributed by atoms with Gasteiger partial charge in [-0.1, -0.05) is 5.92 Å². The lowest BCUT2D eigenvalue weighted by atomic mass is 10.3. The molecule has 1 aliphatic rings. The molecule has 1 rings (SSSR count). The van der Waals surface area contributed by atoms with Gasteiger partial charge in [0.05, 0.1) is 0 Å². The molecule has 1 heterocycles. The Bertz CT molecular complexity index is 299. The minimum absolute atomic E-state index is 0.696. The second-order valence-electron chi connectivity index (χ2n) is 3.13. The second-order valence-corrected chi connectivity index (χ2v) is 5.24. The van der Waals surface area contributed by atoms with Gasteiger partial charge in [-0.05, 0) is 0 Å². The first-order valence-corrected chi connectivity index (χ1v) is 6.11. The van der Waals surface area contributed by atoms with Crippen LogP contribution in [0.1, 0.15) is 0 Å². The monoisotopic (exact) mass is 202 g/mol. The van der Waals surface area contributed by atoms with Crippen molar-refractivity contribution in [3.8, 4) is 12.3 Å². The zero-order valence-corrected chi connectivity index (χ0v) is 8.47. The summed E-state index contributed by atoms with van der Waals surface area (Å²) in [5.74, 6) is 2.32. The largest absolute Gasteiger partial charge is 0.314 e. The predicted octanol–water partition coefficient (Wildman–Crippen LogP) is -1.10. The maximum Gasteiger partial charge on any atom is 0.175 e. The zero-order chi connectivity index (χ0) is 9.90. The fraction of sp³-hybridized carbons (Fsp3) is 0.750. The molecule has 1 atom stereocenters. The Morgan fingerprint density at radius 2 is 2.00 bits per heavy atom. The molecular formula is C8H14N2O2S. The SMILES string of the molecule is C#CC(N1CCNCC1)S(C)(=O)=O. The van der Waals surface area contributed by atoms with E-state index in [0.29, 0.717) is 13.1 Å². The van der Waals surface area contributed by atoms with Crippen molar-refractivity contribution >= 4 is 9.84 Å². The van der Waals surface area contributed by atoms with E-state index < -0.39 is 15.2 Å². The van der Waals surface area contributed by atoms with Crippen molar-refractivity contribution < 1.29 is 8.42 Å². The Balaban J connectivity index is 2.73. The van der Waals surface area contributed by atoms with E-state index in [1.807, 2.05) is 4.90 Å². The molecule has 0 amide bonds. The van der Waals surface area contributed by atoms with Crippen molar-refractivity contribution in [3.63, 3.8) is 0 Å². The van der Waals surface area contributed by atoms with Crippen molar-refractivity contribution in [2.24, 2.45) is 0 Å². The average molecular weight is 202 g/mol. The number of sulfone groups is 1. The summed E-state index contributed by atoms with van der Waals surface area (Å²) >= 11 is 0. The molecule has 4 nitrogen and oxygen atoms in total. The highest BCUT2D eigenvalue weighted by Gasteiger charge is 2.26. The van der Waals surface area contributed by atoms with Crippen LogP contribution < -0.4 is 5.32 Å². The van der Waals surface area contributed by atoms with Crippen molar-refractivity contribution in [1.82, 2.24) is 10.2 Å². The summed E-state index contributed by atoms with van der Waals surface area (Å²) in [6.07, 6.45) is 6.38. The van der Waals surface area contributed by atoms with Gasteiger partial charge < -0.3 is 5.32 Å². The molecule has 0 spiro atoms. The second kappa shape index (κ2) is 4.09. The van der Waals surface area contributed by atoms with E-state index in [1.165, 1.54) is 6.26 Å². The molecule has 0 saturated carbocycles. The molecule has 0 aromatic heterocycles. The maximum absolute atomic E-state index is 11.3. The van der Waals surface area contributed by atoms with Crippen LogP contribution in [0.25, 0.3) is 0 Å². The van der Waals surface area contributed by atoms with Gasteiger partial charge in [0.25, 0.3) is 0 Å². The number of nitrogens with one attached hydrogen (secondary N) is 1. The lowest BCUT2D eigenvalue weighted by Gasteiger charge is -2.30. The number of terminal acetylenes is 1. The van der Waals surface area contributed by atoms with E-state index in [9.17, 15) is 8.42 Å². The molecule has 0 aromatic carbocycles. The Morgan fingerprint density at radius 1 is 1.46 bits per heavy atom. The third-order valence-corrected chi connectivity index (χ3v) is 3.28. The number of hydrogen-bond acceptors (Lipinski definition) is 4. The first-order valence-electron chi connectivity index (χ1n) is 4.15. The van der Waals surface area contributed by atoms with Gasteiger partial charge in [-0.25, -0.2) is 8.42 Å². The Kier molecular flexibility index (Phi) is 3.31. The van der Waals surface area contributed by atoms with Gasteiger partial charge in [0, 0.05) is 32.4 Å². The van der Waals surface area contributed by atoms with E-state index in [4.69, 9.17) is 6.42 Å². The summed E-state index contributed by atoms with van der Waals surface area (Å²) in [5.41, 5.74) is 0. The quantitative estimate of drug-likeness (QED) is 0.577. The number of piperazine rings is 1. The summed E-state index contributed by atoms with van der Waals surface area (Å²) < 4.78 is 22.5. The van der Waals surface area contributed by atoms with E-state index in [0.717, 1.165) is 13.1 Å². The van der Waals surface area contributed by atoms with E-state index in [2.05, 4.69) is 11.2 Å². The summed E-state index contributed by atoms with van der Waals surface area (Å²) in [5, 5.41) is 2.39. The van der Waals surface area contributed by atoms with Crippen LogP contribution in [0.4, 0.5) is 0 Å². The fourth-order valence-electron chi connectivity index (χ4n) is 1.42. The summed E-state index contributed by atoms with van der Waals surface area (Å²) in [4.78, 5) is 1.81. The van der Waals surface area contributed by atoms with Crippen molar-refractivity contribution in [2.45, 2.75) is 5.37 Å². The highest BCUT2D eigenvalue weighted by atomic mass is 32.2. The molecular weight excluding hydrogens is 188 g/mol. The predicted molar refractivity (Wildman–Crippen MR) is 51.9 cm³/mol. The fourth-order valence-corrected chi connectivity index (χ4v) is 2.42. The van der Waals surface area contributed by atoms with Gasteiger partial charge in [-0.2, -0.15) is 0 Å². The van der Waals surface area contributed by atoms with Crippen LogP contribution in [0.2, 0.25) is 0 Å². The molecule has 0 bridgehead atoms. The minimum Gasteiger partial charge on any atom is -0.314 e. The molecule has 13 heavy (non-hydrogen) atoms. The molecule has 1 unspecified atom stereocenters. The molecule has 0 radical (unpaired) electrons.